The first-order chi connectivity index (χ1) is 8.77. The Bertz CT molecular complexity index is 502. The summed E-state index contributed by atoms with van der Waals surface area (Å²) in [5.74, 6) is 1.35. The molecule has 19 heavy (non-hydrogen) atoms. The van der Waals surface area contributed by atoms with Crippen LogP contribution in [0.1, 0.15) is 55.4 Å². The summed E-state index contributed by atoms with van der Waals surface area (Å²) in [4.78, 5) is 0. The van der Waals surface area contributed by atoms with Gasteiger partial charge in [0.25, 0.3) is 0 Å². The Morgan fingerprint density at radius 3 is 1.11 bits per heavy atom. The SMILES string of the molecule is CC1=C(C)C(C)[C]([V][C]2=C(C)C(C)=C(C)C2C)=C1C. The van der Waals surface area contributed by atoms with E-state index in [0.29, 0.717) is 11.8 Å². The summed E-state index contributed by atoms with van der Waals surface area (Å²) in [5, 5.41) is 0. The van der Waals surface area contributed by atoms with Crippen molar-refractivity contribution in [2.45, 2.75) is 55.4 Å². The molecule has 2 unspecified atom stereocenters. The molecule has 0 N–H and O–H groups in total. The normalized spacial score (nSPS) is 28.2. The summed E-state index contributed by atoms with van der Waals surface area (Å²) < 4.78 is 3.49. The van der Waals surface area contributed by atoms with Crippen LogP contribution in [0.15, 0.2) is 42.0 Å². The van der Waals surface area contributed by atoms with E-state index in [1.54, 1.807) is 42.0 Å². The first-order valence-corrected chi connectivity index (χ1v) is 8.65. The Morgan fingerprint density at radius 2 is 0.895 bits per heavy atom. The molecule has 1 heteroatoms. The number of hydrogen-bond donors (Lipinski definition) is 0. The molecule has 2 rings (SSSR count). The fourth-order valence-electron chi connectivity index (χ4n) is 3.18. The quantitative estimate of drug-likeness (QED) is 0.622. The molecule has 0 aromatic heterocycles. The van der Waals surface area contributed by atoms with Crippen LogP contribution in [0.4, 0.5) is 0 Å². The van der Waals surface area contributed by atoms with Crippen LogP contribution in [0, 0.1) is 11.8 Å². The molecule has 0 amide bonds. The van der Waals surface area contributed by atoms with Crippen LogP contribution in [0.3, 0.4) is 0 Å². The molecule has 2 aliphatic carbocycles. The van der Waals surface area contributed by atoms with Gasteiger partial charge in [0, 0.05) is 0 Å². The molecule has 103 valence electrons. The van der Waals surface area contributed by atoms with Crippen molar-refractivity contribution in [1.82, 2.24) is 0 Å². The van der Waals surface area contributed by atoms with E-state index in [0.717, 1.165) is 0 Å². The molecule has 0 aromatic rings. The average molecular weight is 293 g/mol. The van der Waals surface area contributed by atoms with Crippen molar-refractivity contribution in [1.29, 1.82) is 0 Å². The molecule has 0 fully saturated rings. The number of hydrogen-bond acceptors (Lipinski definition) is 0. The fourth-order valence-corrected chi connectivity index (χ4v) is 5.84. The molecule has 0 bridgehead atoms. The topological polar surface area (TPSA) is 0 Å². The van der Waals surface area contributed by atoms with Crippen molar-refractivity contribution >= 4 is 0 Å². The molecule has 2 aliphatic rings. The third-order valence-corrected chi connectivity index (χ3v) is 8.45. The third kappa shape index (κ3) is 2.24. The summed E-state index contributed by atoms with van der Waals surface area (Å²) in [5.41, 5.74) is 9.44. The van der Waals surface area contributed by atoms with Gasteiger partial charge in [-0.25, -0.2) is 0 Å². The summed E-state index contributed by atoms with van der Waals surface area (Å²) in [7, 11) is 0. The van der Waals surface area contributed by atoms with Gasteiger partial charge in [0.05, 0.1) is 0 Å². The van der Waals surface area contributed by atoms with Crippen LogP contribution < -0.4 is 0 Å². The fraction of sp³-hybridized carbons (Fsp3) is 0.556. The van der Waals surface area contributed by atoms with Gasteiger partial charge in [-0.15, -0.1) is 0 Å². The summed E-state index contributed by atoms with van der Waals surface area (Å²) >= 11 is 0.193. The van der Waals surface area contributed by atoms with Gasteiger partial charge < -0.3 is 0 Å². The maximum atomic E-state index is 2.39. The summed E-state index contributed by atoms with van der Waals surface area (Å²) in [6.07, 6.45) is 0. The van der Waals surface area contributed by atoms with E-state index in [9.17, 15) is 0 Å². The molecule has 0 aliphatic heterocycles. The zero-order valence-corrected chi connectivity index (χ0v) is 15.0. The molecule has 0 nitrogen and oxygen atoms in total. The van der Waals surface area contributed by atoms with Gasteiger partial charge in [-0.2, -0.15) is 0 Å². The predicted molar refractivity (Wildman–Crippen MR) is 80.5 cm³/mol. The van der Waals surface area contributed by atoms with E-state index < -0.39 is 0 Å². The first-order valence-electron chi connectivity index (χ1n) is 7.26. The van der Waals surface area contributed by atoms with Crippen molar-refractivity contribution in [2.24, 2.45) is 11.8 Å². The van der Waals surface area contributed by atoms with Gasteiger partial charge >= 0.3 is 126 Å². The zero-order chi connectivity index (χ0) is 14.5. The second-order valence-electron chi connectivity index (χ2n) is 6.19. The Balaban J connectivity index is 2.32. The van der Waals surface area contributed by atoms with Crippen molar-refractivity contribution in [3.8, 4) is 0 Å². The summed E-state index contributed by atoms with van der Waals surface area (Å²) in [6, 6.07) is 0. The van der Waals surface area contributed by atoms with E-state index >= 15 is 0 Å². The van der Waals surface area contributed by atoms with Crippen molar-refractivity contribution in [3.63, 3.8) is 0 Å². The average Bonchev–Trinajstić information content (AvgIpc) is 2.68. The number of allylic oxidation sites excluding steroid dienone is 8. The molecule has 0 saturated heterocycles. The van der Waals surface area contributed by atoms with E-state index in [-0.39, 0.29) is 16.3 Å². The molecule has 0 heterocycles. The minimum atomic E-state index is 0.193. The first kappa shape index (κ1) is 14.9. The predicted octanol–water partition coefficient (Wildman–Crippen LogP) is 5.59. The van der Waals surface area contributed by atoms with E-state index in [1.807, 2.05) is 0 Å². The van der Waals surface area contributed by atoms with Gasteiger partial charge in [-0.05, 0) is 0 Å². The van der Waals surface area contributed by atoms with Crippen LogP contribution in [0.25, 0.3) is 0 Å². The zero-order valence-electron chi connectivity index (χ0n) is 13.6. The van der Waals surface area contributed by atoms with Gasteiger partial charge in [-0.3, -0.25) is 0 Å². The van der Waals surface area contributed by atoms with Gasteiger partial charge in [-0.1, -0.05) is 0 Å². The Morgan fingerprint density at radius 1 is 0.579 bits per heavy atom. The van der Waals surface area contributed by atoms with Crippen LogP contribution in [-0.4, -0.2) is 0 Å². The van der Waals surface area contributed by atoms with Crippen LogP contribution in [0.2, 0.25) is 0 Å². The second-order valence-corrected chi connectivity index (χ2v) is 8.05. The van der Waals surface area contributed by atoms with Crippen LogP contribution in [0.5, 0.6) is 0 Å². The number of rotatable bonds is 2. The van der Waals surface area contributed by atoms with Crippen LogP contribution >= 0.6 is 0 Å². The molecular formula is C18H26V. The van der Waals surface area contributed by atoms with Gasteiger partial charge in [0.1, 0.15) is 0 Å². The maximum absolute atomic E-state index is 2.39. The standard InChI is InChI=1S/2C9H13.V/c2*1-6-5-7(2)9(4)8(6)3;/h2*6H,1-4H3;. The molecule has 0 aromatic carbocycles. The van der Waals surface area contributed by atoms with Gasteiger partial charge in [0.15, 0.2) is 0 Å². The van der Waals surface area contributed by atoms with E-state index in [4.69, 9.17) is 0 Å². The molecule has 0 radical (unpaired) electrons. The molecular weight excluding hydrogens is 267 g/mol. The second kappa shape index (κ2) is 5.15. The Labute approximate surface area is 125 Å². The van der Waals surface area contributed by atoms with Crippen molar-refractivity contribution < 1.29 is 16.3 Å². The Kier molecular flexibility index (Phi) is 4.05. The van der Waals surface area contributed by atoms with Crippen molar-refractivity contribution in [3.05, 3.63) is 42.0 Å². The third-order valence-electron chi connectivity index (χ3n) is 5.44. The van der Waals surface area contributed by atoms with E-state index in [2.05, 4.69) is 55.4 Å². The van der Waals surface area contributed by atoms with Crippen LogP contribution in [-0.2, 0) is 16.3 Å². The summed E-state index contributed by atoms with van der Waals surface area (Å²) in [6.45, 7) is 18.7. The minimum absolute atomic E-state index is 0.193. The van der Waals surface area contributed by atoms with Gasteiger partial charge in [0.2, 0.25) is 0 Å². The Hall–Kier alpha value is -0.456. The van der Waals surface area contributed by atoms with Crippen molar-refractivity contribution in [2.75, 3.05) is 0 Å². The molecule has 0 saturated carbocycles. The molecule has 0 spiro atoms. The molecule has 2 atom stereocenters. The van der Waals surface area contributed by atoms with E-state index in [1.165, 1.54) is 0 Å². The monoisotopic (exact) mass is 293 g/mol.